The summed E-state index contributed by atoms with van der Waals surface area (Å²) in [6.07, 6.45) is 0. The van der Waals surface area contributed by atoms with Crippen molar-refractivity contribution in [2.75, 3.05) is 12.0 Å². The number of halogens is 1. The zero-order valence-electron chi connectivity index (χ0n) is 17.1. The Morgan fingerprint density at radius 1 is 1.12 bits per heavy atom. The van der Waals surface area contributed by atoms with Gasteiger partial charge in [-0.2, -0.15) is 0 Å². The summed E-state index contributed by atoms with van der Waals surface area (Å²) in [5, 5.41) is 10.4. The number of benzene rings is 2. The first kappa shape index (κ1) is 20.3. The second-order valence-corrected chi connectivity index (χ2v) is 8.38. The van der Waals surface area contributed by atoms with Crippen LogP contribution in [0.5, 0.6) is 11.5 Å². The number of fused-ring (bicyclic) bond motifs is 2. The Balaban J connectivity index is 1.83. The highest BCUT2D eigenvalue weighted by molar-refractivity contribution is 9.10. The fraction of sp³-hybridized carbons (Fsp3) is 0.125. The molecule has 0 unspecified atom stereocenters. The predicted octanol–water partition coefficient (Wildman–Crippen LogP) is 4.72. The van der Waals surface area contributed by atoms with Crippen LogP contribution in [0.3, 0.4) is 0 Å². The Hall–Kier alpha value is -3.65. The third kappa shape index (κ3) is 3.06. The van der Waals surface area contributed by atoms with Crippen molar-refractivity contribution in [2.45, 2.75) is 13.0 Å². The lowest BCUT2D eigenvalue weighted by atomic mass is 9.98. The van der Waals surface area contributed by atoms with E-state index < -0.39 is 11.9 Å². The number of aromatic nitrogens is 1. The summed E-state index contributed by atoms with van der Waals surface area (Å²) < 4.78 is 11.9. The highest BCUT2D eigenvalue weighted by atomic mass is 79.9. The molecule has 0 aliphatic carbocycles. The third-order valence-corrected chi connectivity index (χ3v) is 5.97. The van der Waals surface area contributed by atoms with Crippen molar-refractivity contribution < 1.29 is 19.1 Å². The summed E-state index contributed by atoms with van der Waals surface area (Å²) in [7, 11) is 1.44. The van der Waals surface area contributed by atoms with Crippen molar-refractivity contribution in [3.63, 3.8) is 0 Å². The third-order valence-electron chi connectivity index (χ3n) is 5.47. The number of anilines is 1. The van der Waals surface area contributed by atoms with Gasteiger partial charge < -0.3 is 14.3 Å². The molecule has 32 heavy (non-hydrogen) atoms. The SMILES string of the molecule is COc1cc([C@H]2c3c(oc4ccc(Br)cc4c3=O)C(=O)N2c2cccc(C)n2)ccc1O. The molecule has 0 bridgehead atoms. The van der Waals surface area contributed by atoms with E-state index in [4.69, 9.17) is 9.15 Å². The van der Waals surface area contributed by atoms with E-state index in [0.29, 0.717) is 22.4 Å². The Morgan fingerprint density at radius 3 is 2.69 bits per heavy atom. The normalized spacial score (nSPS) is 15.3. The van der Waals surface area contributed by atoms with Gasteiger partial charge in [-0.1, -0.05) is 28.1 Å². The molecule has 1 N–H and O–H groups in total. The van der Waals surface area contributed by atoms with Gasteiger partial charge in [0.25, 0.3) is 5.91 Å². The zero-order valence-corrected chi connectivity index (χ0v) is 18.7. The molecule has 4 aromatic rings. The number of nitrogens with zero attached hydrogens (tertiary/aromatic N) is 2. The molecule has 2 aromatic carbocycles. The quantitative estimate of drug-likeness (QED) is 0.444. The van der Waals surface area contributed by atoms with Crippen LogP contribution >= 0.6 is 15.9 Å². The van der Waals surface area contributed by atoms with Crippen LogP contribution < -0.4 is 15.1 Å². The number of hydrogen-bond donors (Lipinski definition) is 1. The number of hydrogen-bond acceptors (Lipinski definition) is 6. The summed E-state index contributed by atoms with van der Waals surface area (Å²) in [6.45, 7) is 1.82. The van der Waals surface area contributed by atoms with Gasteiger partial charge in [-0.3, -0.25) is 14.5 Å². The summed E-state index contributed by atoms with van der Waals surface area (Å²) in [5.74, 6) is 0.0919. The minimum atomic E-state index is -0.805. The molecule has 0 radical (unpaired) electrons. The first-order valence-corrected chi connectivity index (χ1v) is 10.6. The summed E-state index contributed by atoms with van der Waals surface area (Å²) in [5.41, 5.74) is 1.55. The molecule has 0 saturated heterocycles. The molecule has 0 spiro atoms. The Kier molecular flexibility index (Phi) is 4.74. The molecule has 1 aliphatic heterocycles. The van der Waals surface area contributed by atoms with Crippen LogP contribution in [0.25, 0.3) is 11.0 Å². The van der Waals surface area contributed by atoms with E-state index >= 15 is 0 Å². The molecule has 1 amide bonds. The molecular formula is C24H17BrN2O5. The number of carbonyl (C=O) groups is 1. The molecule has 0 saturated carbocycles. The van der Waals surface area contributed by atoms with Gasteiger partial charge in [-0.05, 0) is 55.0 Å². The number of amides is 1. The zero-order chi connectivity index (χ0) is 22.6. The van der Waals surface area contributed by atoms with Crippen LogP contribution in [0.2, 0.25) is 0 Å². The lowest BCUT2D eigenvalue weighted by Gasteiger charge is -2.24. The number of methoxy groups -OCH3 is 1. The van der Waals surface area contributed by atoms with Crippen molar-refractivity contribution in [2.24, 2.45) is 0 Å². The van der Waals surface area contributed by atoms with Gasteiger partial charge in [0.2, 0.25) is 5.76 Å². The predicted molar refractivity (Wildman–Crippen MR) is 122 cm³/mol. The van der Waals surface area contributed by atoms with E-state index in [0.717, 1.165) is 10.2 Å². The topological polar surface area (TPSA) is 92.9 Å². The highest BCUT2D eigenvalue weighted by Crippen LogP contribution is 2.42. The van der Waals surface area contributed by atoms with Gasteiger partial charge in [0.05, 0.1) is 24.1 Å². The van der Waals surface area contributed by atoms with Crippen molar-refractivity contribution >= 4 is 38.6 Å². The monoisotopic (exact) mass is 492 g/mol. The van der Waals surface area contributed by atoms with Gasteiger partial charge in [-0.15, -0.1) is 0 Å². The smallest absolute Gasteiger partial charge is 0.296 e. The van der Waals surface area contributed by atoms with E-state index in [1.807, 2.05) is 13.0 Å². The maximum atomic E-state index is 13.6. The van der Waals surface area contributed by atoms with E-state index in [9.17, 15) is 14.7 Å². The molecule has 5 rings (SSSR count). The number of rotatable bonds is 3. The average molecular weight is 493 g/mol. The van der Waals surface area contributed by atoms with Crippen LogP contribution in [0.4, 0.5) is 5.82 Å². The number of carbonyl (C=O) groups excluding carboxylic acids is 1. The summed E-state index contributed by atoms with van der Waals surface area (Å²) in [4.78, 5) is 33.1. The van der Waals surface area contributed by atoms with Crippen molar-refractivity contribution in [3.8, 4) is 11.5 Å². The molecule has 8 heteroatoms. The summed E-state index contributed by atoms with van der Waals surface area (Å²) >= 11 is 3.39. The van der Waals surface area contributed by atoms with E-state index in [2.05, 4.69) is 20.9 Å². The number of phenols is 1. The second kappa shape index (κ2) is 7.49. The number of aryl methyl sites for hydroxylation is 1. The Bertz CT molecular complexity index is 1460. The number of phenolic OH excluding ortho intramolecular Hbond substituents is 1. The standard InChI is InChI=1S/C24H17BrN2O5/c1-12-4-3-5-19(26-12)27-21(13-6-8-16(28)18(10-13)31-2)20-22(29)15-11-14(25)7-9-17(15)32-23(20)24(27)30/h3-11,21,28H,1-2H3/t21-/m0/s1. The van der Waals surface area contributed by atoms with Crippen LogP contribution in [0.15, 0.2) is 68.3 Å². The minimum Gasteiger partial charge on any atom is -0.504 e. The molecule has 0 fully saturated rings. The molecule has 1 atom stereocenters. The van der Waals surface area contributed by atoms with Crippen molar-refractivity contribution in [1.29, 1.82) is 0 Å². The number of pyridine rings is 1. The molecule has 7 nitrogen and oxygen atoms in total. The molecule has 2 aromatic heterocycles. The van der Waals surface area contributed by atoms with Gasteiger partial charge in [0, 0.05) is 10.2 Å². The van der Waals surface area contributed by atoms with Crippen LogP contribution in [0, 0.1) is 6.92 Å². The average Bonchev–Trinajstić information content (AvgIpc) is 3.07. The second-order valence-electron chi connectivity index (χ2n) is 7.46. The largest absolute Gasteiger partial charge is 0.504 e. The maximum absolute atomic E-state index is 13.6. The first-order valence-electron chi connectivity index (χ1n) is 9.79. The van der Waals surface area contributed by atoms with Crippen LogP contribution in [-0.2, 0) is 0 Å². The lowest BCUT2D eigenvalue weighted by Crippen LogP contribution is -2.30. The van der Waals surface area contributed by atoms with Gasteiger partial charge in [0.1, 0.15) is 11.4 Å². The fourth-order valence-corrected chi connectivity index (χ4v) is 4.38. The van der Waals surface area contributed by atoms with Gasteiger partial charge >= 0.3 is 0 Å². The molecule has 1 aliphatic rings. The van der Waals surface area contributed by atoms with Crippen molar-refractivity contribution in [1.82, 2.24) is 4.98 Å². The first-order chi connectivity index (χ1) is 15.4. The lowest BCUT2D eigenvalue weighted by molar-refractivity contribution is 0.0970. The highest BCUT2D eigenvalue weighted by Gasteiger charge is 2.44. The molecular weight excluding hydrogens is 476 g/mol. The minimum absolute atomic E-state index is 0.0230. The maximum Gasteiger partial charge on any atom is 0.296 e. The number of ether oxygens (including phenoxy) is 1. The van der Waals surface area contributed by atoms with Crippen molar-refractivity contribution in [3.05, 3.63) is 91.9 Å². The van der Waals surface area contributed by atoms with E-state index in [-0.39, 0.29) is 28.3 Å². The fourth-order valence-electron chi connectivity index (χ4n) is 4.02. The number of aromatic hydroxyl groups is 1. The van der Waals surface area contributed by atoms with E-state index in [1.165, 1.54) is 18.1 Å². The summed E-state index contributed by atoms with van der Waals surface area (Å²) in [6, 6.07) is 14.3. The molecule has 160 valence electrons. The Morgan fingerprint density at radius 2 is 1.94 bits per heavy atom. The van der Waals surface area contributed by atoms with Gasteiger partial charge in [0.15, 0.2) is 16.9 Å². The van der Waals surface area contributed by atoms with Crippen LogP contribution in [0.1, 0.15) is 33.4 Å². The van der Waals surface area contributed by atoms with Crippen LogP contribution in [-0.4, -0.2) is 23.1 Å². The molecule has 3 heterocycles. The van der Waals surface area contributed by atoms with E-state index in [1.54, 1.807) is 42.5 Å². The Labute approximate surface area is 191 Å². The van der Waals surface area contributed by atoms with Gasteiger partial charge in [-0.25, -0.2) is 4.98 Å².